The fourth-order valence-electron chi connectivity index (χ4n) is 3.16. The fourth-order valence-corrected chi connectivity index (χ4v) is 7.43. The smallest absolute Gasteiger partial charge is 0.211 e. The number of nitrogens with zero attached hydrogens (tertiary/aromatic N) is 1. The fraction of sp³-hybridized carbons (Fsp3) is 0.786. The lowest BCUT2D eigenvalue weighted by atomic mass is 10.1. The summed E-state index contributed by atoms with van der Waals surface area (Å²) in [7, 11) is -6.28. The molecule has 130 valence electrons. The molecular weight excluding hydrogens is 356 g/mol. The van der Waals surface area contributed by atoms with Gasteiger partial charge in [0.05, 0.1) is 28.0 Å². The Morgan fingerprint density at radius 2 is 2.13 bits per heavy atom. The van der Waals surface area contributed by atoms with Gasteiger partial charge in [-0.1, -0.05) is 0 Å². The molecule has 0 spiro atoms. The van der Waals surface area contributed by atoms with Crippen LogP contribution < -0.4 is 4.72 Å². The van der Waals surface area contributed by atoms with Crippen LogP contribution in [0.25, 0.3) is 0 Å². The van der Waals surface area contributed by atoms with Crippen molar-refractivity contribution in [3.63, 3.8) is 0 Å². The van der Waals surface area contributed by atoms with Crippen LogP contribution in [0.5, 0.6) is 0 Å². The monoisotopic (exact) mass is 378 g/mol. The normalized spacial score (nSPS) is 23.2. The predicted molar refractivity (Wildman–Crippen MR) is 91.0 cm³/mol. The summed E-state index contributed by atoms with van der Waals surface area (Å²) in [6, 6.07) is 0. The standard InChI is InChI=1S/C14H22N2O4S3/c17-22(18)8-5-11(10-22)6-9-23(19,20)15-7-4-14-16-12-2-1-3-13(12)21-14/h11,15H,1-10H2. The molecule has 0 amide bonds. The zero-order valence-electron chi connectivity index (χ0n) is 13.0. The molecule has 1 unspecified atom stereocenters. The average Bonchev–Trinajstić information content (AvgIpc) is 3.11. The molecule has 1 aliphatic heterocycles. The molecule has 1 aromatic heterocycles. The van der Waals surface area contributed by atoms with Crippen molar-refractivity contribution in [1.82, 2.24) is 9.71 Å². The Bertz CT molecular complexity index is 746. The Morgan fingerprint density at radius 1 is 1.30 bits per heavy atom. The average molecular weight is 379 g/mol. The Morgan fingerprint density at radius 3 is 2.83 bits per heavy atom. The van der Waals surface area contributed by atoms with Crippen LogP contribution in [-0.2, 0) is 39.1 Å². The van der Waals surface area contributed by atoms with E-state index >= 15 is 0 Å². The van der Waals surface area contributed by atoms with E-state index in [9.17, 15) is 16.8 Å². The molecule has 2 aliphatic rings. The second-order valence-electron chi connectivity index (χ2n) is 6.35. The lowest BCUT2D eigenvalue weighted by Crippen LogP contribution is -2.29. The largest absolute Gasteiger partial charge is 0.246 e. The lowest BCUT2D eigenvalue weighted by Gasteiger charge is -2.09. The van der Waals surface area contributed by atoms with Crippen molar-refractivity contribution in [3.05, 3.63) is 15.6 Å². The van der Waals surface area contributed by atoms with Gasteiger partial charge in [0.25, 0.3) is 0 Å². The molecule has 1 aliphatic carbocycles. The van der Waals surface area contributed by atoms with Crippen LogP contribution in [0.4, 0.5) is 0 Å². The topological polar surface area (TPSA) is 93.2 Å². The van der Waals surface area contributed by atoms with E-state index in [1.807, 2.05) is 0 Å². The molecule has 1 N–H and O–H groups in total. The van der Waals surface area contributed by atoms with Crippen LogP contribution in [0.1, 0.15) is 34.8 Å². The number of hydrogen-bond donors (Lipinski definition) is 1. The molecule has 3 rings (SSSR count). The molecule has 0 aromatic carbocycles. The minimum Gasteiger partial charge on any atom is -0.246 e. The van der Waals surface area contributed by atoms with E-state index in [0.717, 1.165) is 17.8 Å². The van der Waals surface area contributed by atoms with Crippen LogP contribution in [-0.4, -0.2) is 45.6 Å². The third-order valence-corrected chi connectivity index (χ3v) is 8.89. The molecule has 2 heterocycles. The SMILES string of the molecule is O=S1(=O)CCC(CCS(=O)(=O)NCCc2nc3c(s2)CCC3)C1. The summed E-state index contributed by atoms with van der Waals surface area (Å²) in [6.07, 6.45) is 4.94. The van der Waals surface area contributed by atoms with E-state index in [4.69, 9.17) is 0 Å². The molecule has 1 aromatic rings. The van der Waals surface area contributed by atoms with Crippen LogP contribution >= 0.6 is 11.3 Å². The van der Waals surface area contributed by atoms with Crippen LogP contribution in [0.2, 0.25) is 0 Å². The van der Waals surface area contributed by atoms with Gasteiger partial charge < -0.3 is 0 Å². The van der Waals surface area contributed by atoms with Gasteiger partial charge in [-0.05, 0) is 38.0 Å². The van der Waals surface area contributed by atoms with E-state index in [1.54, 1.807) is 11.3 Å². The Hall–Kier alpha value is -0.510. The van der Waals surface area contributed by atoms with Crippen molar-refractivity contribution in [2.75, 3.05) is 23.8 Å². The molecule has 0 bridgehead atoms. The molecule has 23 heavy (non-hydrogen) atoms. The lowest BCUT2D eigenvalue weighted by molar-refractivity contribution is 0.544. The summed E-state index contributed by atoms with van der Waals surface area (Å²) >= 11 is 1.69. The molecule has 1 atom stereocenters. The van der Waals surface area contributed by atoms with E-state index < -0.39 is 19.9 Å². The summed E-state index contributed by atoms with van der Waals surface area (Å²) in [5.74, 6) is 0.313. The number of hydrogen-bond acceptors (Lipinski definition) is 6. The predicted octanol–water partition coefficient (Wildman–Crippen LogP) is 0.919. The van der Waals surface area contributed by atoms with Crippen LogP contribution in [0.15, 0.2) is 0 Å². The second-order valence-corrected chi connectivity index (χ2v) is 11.7. The summed E-state index contributed by atoms with van der Waals surface area (Å²) < 4.78 is 49.4. The molecule has 6 nitrogen and oxygen atoms in total. The third-order valence-electron chi connectivity index (χ3n) is 4.42. The first-order valence-electron chi connectivity index (χ1n) is 7.98. The zero-order valence-corrected chi connectivity index (χ0v) is 15.4. The van der Waals surface area contributed by atoms with Crippen molar-refractivity contribution in [3.8, 4) is 0 Å². The number of thiazole rings is 1. The molecule has 1 saturated heterocycles. The van der Waals surface area contributed by atoms with Crippen LogP contribution in [0, 0.1) is 5.92 Å². The maximum atomic E-state index is 12.0. The second kappa shape index (κ2) is 6.78. The Labute approximate surface area is 141 Å². The first kappa shape index (κ1) is 17.3. The van der Waals surface area contributed by atoms with E-state index in [-0.39, 0.29) is 23.2 Å². The molecule has 0 saturated carbocycles. The number of rotatable bonds is 7. The van der Waals surface area contributed by atoms with Gasteiger partial charge in [0.15, 0.2) is 9.84 Å². The molecule has 1 fully saturated rings. The highest BCUT2D eigenvalue weighted by molar-refractivity contribution is 7.91. The number of sulfone groups is 1. The summed E-state index contributed by atoms with van der Waals surface area (Å²) in [4.78, 5) is 5.90. The minimum absolute atomic E-state index is 0.00154. The minimum atomic E-state index is -3.34. The van der Waals surface area contributed by atoms with Crippen molar-refractivity contribution in [2.45, 2.75) is 38.5 Å². The first-order valence-corrected chi connectivity index (χ1v) is 12.3. The zero-order chi connectivity index (χ0) is 16.5. The van der Waals surface area contributed by atoms with Crippen molar-refractivity contribution < 1.29 is 16.8 Å². The van der Waals surface area contributed by atoms with Gasteiger partial charge in [-0.25, -0.2) is 26.5 Å². The first-order chi connectivity index (χ1) is 10.8. The molecular formula is C14H22N2O4S3. The number of fused-ring (bicyclic) bond motifs is 1. The Kier molecular flexibility index (Phi) is 5.10. The van der Waals surface area contributed by atoms with E-state index in [1.165, 1.54) is 17.0 Å². The summed E-state index contributed by atoms with van der Waals surface area (Å²) in [5.41, 5.74) is 1.19. The van der Waals surface area contributed by atoms with Gasteiger partial charge >= 0.3 is 0 Å². The number of sulfonamides is 1. The number of aromatic nitrogens is 1. The highest BCUT2D eigenvalue weighted by atomic mass is 32.2. The highest BCUT2D eigenvalue weighted by Gasteiger charge is 2.28. The number of nitrogens with one attached hydrogen (secondary N) is 1. The van der Waals surface area contributed by atoms with Gasteiger partial charge in [0.2, 0.25) is 10.0 Å². The van der Waals surface area contributed by atoms with Crippen molar-refractivity contribution in [1.29, 1.82) is 0 Å². The molecule has 0 radical (unpaired) electrons. The van der Waals surface area contributed by atoms with Gasteiger partial charge in [-0.3, -0.25) is 0 Å². The molecule has 9 heteroatoms. The van der Waals surface area contributed by atoms with Gasteiger partial charge in [0, 0.05) is 17.8 Å². The van der Waals surface area contributed by atoms with Crippen molar-refractivity contribution >= 4 is 31.2 Å². The Balaban J connectivity index is 1.41. The number of aryl methyl sites for hydroxylation is 2. The third kappa shape index (κ3) is 4.74. The van der Waals surface area contributed by atoms with Crippen LogP contribution in [0.3, 0.4) is 0 Å². The summed E-state index contributed by atoms with van der Waals surface area (Å²) in [6.45, 7) is 0.359. The maximum Gasteiger partial charge on any atom is 0.211 e. The van der Waals surface area contributed by atoms with E-state index in [2.05, 4.69) is 9.71 Å². The van der Waals surface area contributed by atoms with E-state index in [0.29, 0.717) is 25.8 Å². The quantitative estimate of drug-likeness (QED) is 0.761. The summed E-state index contributed by atoms with van der Waals surface area (Å²) in [5, 5.41) is 0.999. The van der Waals surface area contributed by atoms with Gasteiger partial charge in [0.1, 0.15) is 0 Å². The van der Waals surface area contributed by atoms with Crippen molar-refractivity contribution in [2.24, 2.45) is 5.92 Å². The van der Waals surface area contributed by atoms with Gasteiger partial charge in [-0.15, -0.1) is 11.3 Å². The highest BCUT2D eigenvalue weighted by Crippen LogP contribution is 2.27. The maximum absolute atomic E-state index is 12.0. The van der Waals surface area contributed by atoms with Gasteiger partial charge in [-0.2, -0.15) is 0 Å².